The number of carbonyl (C=O) groups excluding carboxylic acids is 1. The molecule has 0 spiro atoms. The lowest BCUT2D eigenvalue weighted by atomic mass is 10.0. The Morgan fingerprint density at radius 1 is 0.931 bits per heavy atom. The van der Waals surface area contributed by atoms with Crippen LogP contribution in [0.3, 0.4) is 0 Å². The molecule has 0 aliphatic rings. The van der Waals surface area contributed by atoms with E-state index in [-0.39, 0.29) is 11.6 Å². The molecule has 0 bridgehead atoms. The average molecular weight is 400 g/mol. The summed E-state index contributed by atoms with van der Waals surface area (Å²) in [6.07, 6.45) is -4.49. The van der Waals surface area contributed by atoms with Crippen molar-refractivity contribution in [3.63, 3.8) is 0 Å². The lowest BCUT2D eigenvalue weighted by Gasteiger charge is -2.17. The van der Waals surface area contributed by atoms with Gasteiger partial charge in [-0.25, -0.2) is 0 Å². The monoisotopic (exact) mass is 400 g/mol. The first kappa shape index (κ1) is 20.7. The standard InChI is InChI=1S/C23H23F3N2O/c1-13-10-14(2)21(15(3)11-13)27-22(29)18-12-16(4)28(17(18)5)20-9-7-6-8-19(20)23(24,25)26/h6-12H,1-5H3,(H,27,29). The van der Waals surface area contributed by atoms with Gasteiger partial charge in [-0.3, -0.25) is 4.79 Å². The van der Waals surface area contributed by atoms with Crippen molar-refractivity contribution in [3.05, 3.63) is 81.7 Å². The van der Waals surface area contributed by atoms with Crippen molar-refractivity contribution >= 4 is 11.6 Å². The second-order valence-corrected chi connectivity index (χ2v) is 7.36. The minimum absolute atomic E-state index is 0.0109. The molecule has 3 aromatic rings. The third-order valence-electron chi connectivity index (χ3n) is 5.04. The number of amides is 1. The highest BCUT2D eigenvalue weighted by Crippen LogP contribution is 2.35. The SMILES string of the molecule is Cc1cc(C)c(NC(=O)c2cc(C)n(-c3ccccc3C(F)(F)F)c2C)c(C)c1. The second-order valence-electron chi connectivity index (χ2n) is 7.36. The third-order valence-corrected chi connectivity index (χ3v) is 5.04. The number of benzene rings is 2. The van der Waals surface area contributed by atoms with E-state index >= 15 is 0 Å². The van der Waals surface area contributed by atoms with Gasteiger partial charge in [0.05, 0.1) is 16.8 Å². The summed E-state index contributed by atoms with van der Waals surface area (Å²) in [4.78, 5) is 13.0. The van der Waals surface area contributed by atoms with Gasteiger partial charge in [-0.2, -0.15) is 13.2 Å². The summed E-state index contributed by atoms with van der Waals surface area (Å²) in [5, 5.41) is 2.93. The number of aromatic nitrogens is 1. The Morgan fingerprint density at radius 3 is 2.10 bits per heavy atom. The zero-order valence-electron chi connectivity index (χ0n) is 17.0. The van der Waals surface area contributed by atoms with Crippen LogP contribution in [-0.2, 0) is 6.18 Å². The first-order valence-electron chi connectivity index (χ1n) is 9.25. The molecule has 152 valence electrons. The van der Waals surface area contributed by atoms with Crippen LogP contribution < -0.4 is 5.32 Å². The molecule has 0 unspecified atom stereocenters. The Balaban J connectivity index is 2.05. The number of alkyl halides is 3. The third kappa shape index (κ3) is 3.92. The number of aryl methyl sites for hydroxylation is 4. The molecule has 0 aliphatic heterocycles. The van der Waals surface area contributed by atoms with Crippen LogP contribution in [0.25, 0.3) is 5.69 Å². The van der Waals surface area contributed by atoms with Crippen molar-refractivity contribution in [2.24, 2.45) is 0 Å². The van der Waals surface area contributed by atoms with Gasteiger partial charge < -0.3 is 9.88 Å². The highest BCUT2D eigenvalue weighted by molar-refractivity contribution is 6.06. The number of nitrogens with one attached hydrogen (secondary N) is 1. The predicted molar refractivity (Wildman–Crippen MR) is 109 cm³/mol. The van der Waals surface area contributed by atoms with E-state index in [2.05, 4.69) is 5.32 Å². The van der Waals surface area contributed by atoms with Gasteiger partial charge in [0.1, 0.15) is 0 Å². The molecule has 0 atom stereocenters. The second kappa shape index (κ2) is 7.43. The van der Waals surface area contributed by atoms with Crippen LogP contribution in [0.5, 0.6) is 0 Å². The molecule has 6 heteroatoms. The minimum atomic E-state index is -4.49. The molecule has 29 heavy (non-hydrogen) atoms. The Kier molecular flexibility index (Phi) is 5.30. The molecule has 0 radical (unpaired) electrons. The summed E-state index contributed by atoms with van der Waals surface area (Å²) in [7, 11) is 0. The van der Waals surface area contributed by atoms with Crippen LogP contribution in [0.15, 0.2) is 42.5 Å². The fourth-order valence-electron chi connectivity index (χ4n) is 3.83. The molecule has 3 rings (SSSR count). The number of hydrogen-bond acceptors (Lipinski definition) is 1. The van der Waals surface area contributed by atoms with E-state index < -0.39 is 11.7 Å². The smallest absolute Gasteiger partial charge is 0.321 e. The van der Waals surface area contributed by atoms with Crippen LogP contribution in [-0.4, -0.2) is 10.5 Å². The number of rotatable bonds is 3. The van der Waals surface area contributed by atoms with E-state index in [1.165, 1.54) is 16.7 Å². The molecule has 3 nitrogen and oxygen atoms in total. The van der Waals surface area contributed by atoms with Gasteiger partial charge in [-0.1, -0.05) is 29.8 Å². The van der Waals surface area contributed by atoms with E-state index in [1.54, 1.807) is 26.0 Å². The number of hydrogen-bond donors (Lipinski definition) is 1. The van der Waals surface area contributed by atoms with Crippen LogP contribution in [0.1, 0.15) is 44.0 Å². The van der Waals surface area contributed by atoms with Gasteiger partial charge in [-0.05, 0) is 63.9 Å². The number of para-hydroxylation sites is 1. The van der Waals surface area contributed by atoms with Crippen molar-refractivity contribution in [1.82, 2.24) is 4.57 Å². The van der Waals surface area contributed by atoms with Gasteiger partial charge in [0.25, 0.3) is 5.91 Å². The molecular formula is C23H23F3N2O. The fourth-order valence-corrected chi connectivity index (χ4v) is 3.83. The molecule has 0 aliphatic carbocycles. The minimum Gasteiger partial charge on any atom is -0.321 e. The lowest BCUT2D eigenvalue weighted by Crippen LogP contribution is -2.16. The Morgan fingerprint density at radius 2 is 1.52 bits per heavy atom. The van der Waals surface area contributed by atoms with Crippen molar-refractivity contribution < 1.29 is 18.0 Å². The normalized spacial score (nSPS) is 11.6. The quantitative estimate of drug-likeness (QED) is 0.551. The maximum absolute atomic E-state index is 13.5. The van der Waals surface area contributed by atoms with E-state index in [0.29, 0.717) is 17.0 Å². The fraction of sp³-hybridized carbons (Fsp3) is 0.261. The molecule has 1 heterocycles. The summed E-state index contributed by atoms with van der Waals surface area (Å²) < 4.78 is 41.9. The van der Waals surface area contributed by atoms with Crippen LogP contribution in [0, 0.1) is 34.6 Å². The highest BCUT2D eigenvalue weighted by Gasteiger charge is 2.34. The van der Waals surface area contributed by atoms with Crippen LogP contribution in [0.4, 0.5) is 18.9 Å². The zero-order valence-corrected chi connectivity index (χ0v) is 17.0. The van der Waals surface area contributed by atoms with Crippen molar-refractivity contribution in [2.45, 2.75) is 40.8 Å². The number of anilines is 1. The highest BCUT2D eigenvalue weighted by atomic mass is 19.4. The topological polar surface area (TPSA) is 34.0 Å². The van der Waals surface area contributed by atoms with E-state index in [9.17, 15) is 18.0 Å². The van der Waals surface area contributed by atoms with Crippen molar-refractivity contribution in [1.29, 1.82) is 0 Å². The summed E-state index contributed by atoms with van der Waals surface area (Å²) in [6.45, 7) is 9.16. The molecule has 0 fully saturated rings. The van der Waals surface area contributed by atoms with Crippen molar-refractivity contribution in [3.8, 4) is 5.69 Å². The Labute approximate surface area is 168 Å². The molecule has 0 saturated carbocycles. The number of carbonyl (C=O) groups is 1. The number of nitrogens with zero attached hydrogens (tertiary/aromatic N) is 1. The maximum Gasteiger partial charge on any atom is 0.418 e. The summed E-state index contributed by atoms with van der Waals surface area (Å²) in [5.41, 5.74) is 4.33. The Bertz CT molecular complexity index is 1070. The van der Waals surface area contributed by atoms with E-state index in [4.69, 9.17) is 0 Å². The number of halogens is 3. The van der Waals surface area contributed by atoms with Gasteiger partial charge in [-0.15, -0.1) is 0 Å². The van der Waals surface area contributed by atoms with Gasteiger partial charge in [0, 0.05) is 17.1 Å². The molecular weight excluding hydrogens is 377 g/mol. The van der Waals surface area contributed by atoms with Gasteiger partial charge >= 0.3 is 6.18 Å². The summed E-state index contributed by atoms with van der Waals surface area (Å²) in [6, 6.07) is 11.0. The average Bonchev–Trinajstić information content (AvgIpc) is 2.91. The molecule has 2 aromatic carbocycles. The molecule has 0 saturated heterocycles. The van der Waals surface area contributed by atoms with E-state index in [1.807, 2.05) is 32.9 Å². The lowest BCUT2D eigenvalue weighted by molar-refractivity contribution is -0.137. The molecule has 1 N–H and O–H groups in total. The molecule has 1 aromatic heterocycles. The predicted octanol–water partition coefficient (Wildman–Crippen LogP) is 6.29. The van der Waals surface area contributed by atoms with Gasteiger partial charge in [0.2, 0.25) is 0 Å². The van der Waals surface area contributed by atoms with Gasteiger partial charge in [0.15, 0.2) is 0 Å². The molecule has 1 amide bonds. The largest absolute Gasteiger partial charge is 0.418 e. The first-order chi connectivity index (χ1) is 13.5. The van der Waals surface area contributed by atoms with Crippen LogP contribution >= 0.6 is 0 Å². The summed E-state index contributed by atoms with van der Waals surface area (Å²) in [5.74, 6) is -0.344. The summed E-state index contributed by atoms with van der Waals surface area (Å²) >= 11 is 0. The maximum atomic E-state index is 13.5. The van der Waals surface area contributed by atoms with Crippen molar-refractivity contribution in [2.75, 3.05) is 5.32 Å². The van der Waals surface area contributed by atoms with Crippen LogP contribution in [0.2, 0.25) is 0 Å². The first-order valence-corrected chi connectivity index (χ1v) is 9.25. The van der Waals surface area contributed by atoms with E-state index in [0.717, 1.165) is 28.4 Å². The Hall–Kier alpha value is -3.02. The zero-order chi connectivity index (χ0) is 21.5.